The number of pyridine rings is 1. The predicted molar refractivity (Wildman–Crippen MR) is 82.5 cm³/mol. The molecule has 1 heterocycles. The highest BCUT2D eigenvalue weighted by Crippen LogP contribution is 2.34. The van der Waals surface area contributed by atoms with E-state index in [1.165, 1.54) is 16.7 Å². The Morgan fingerprint density at radius 2 is 2.10 bits per heavy atom. The van der Waals surface area contributed by atoms with Crippen LogP contribution in [0, 0.1) is 6.92 Å². The summed E-state index contributed by atoms with van der Waals surface area (Å²) in [6.07, 6.45) is 6.15. The second-order valence-corrected chi connectivity index (χ2v) is 5.11. The summed E-state index contributed by atoms with van der Waals surface area (Å²) in [5, 5.41) is 9.61. The molecular formula is C18H17NO. The molecule has 0 bridgehead atoms. The van der Waals surface area contributed by atoms with E-state index in [-0.39, 0.29) is 5.76 Å². The smallest absolute Gasteiger partial charge is 0.115 e. The van der Waals surface area contributed by atoms with Crippen molar-refractivity contribution in [3.63, 3.8) is 0 Å². The second-order valence-electron chi connectivity index (χ2n) is 5.11. The van der Waals surface area contributed by atoms with Crippen LogP contribution in [0.3, 0.4) is 0 Å². The first-order valence-electron chi connectivity index (χ1n) is 6.80. The molecule has 0 aliphatic heterocycles. The maximum atomic E-state index is 9.61. The van der Waals surface area contributed by atoms with Gasteiger partial charge in [-0.25, -0.2) is 0 Å². The first kappa shape index (κ1) is 12.7. The van der Waals surface area contributed by atoms with Crippen molar-refractivity contribution in [2.75, 3.05) is 0 Å². The van der Waals surface area contributed by atoms with Gasteiger partial charge in [0.15, 0.2) is 0 Å². The van der Waals surface area contributed by atoms with Crippen molar-refractivity contribution in [3.8, 4) is 0 Å². The number of aliphatic hydroxyl groups excluding tert-OH is 1. The second kappa shape index (κ2) is 4.97. The molecule has 0 radical (unpaired) electrons. The fourth-order valence-electron chi connectivity index (χ4n) is 2.73. The van der Waals surface area contributed by atoms with Gasteiger partial charge in [0.25, 0.3) is 0 Å². The Morgan fingerprint density at radius 1 is 1.25 bits per heavy atom. The number of allylic oxidation sites excluding steroid dienone is 1. The maximum absolute atomic E-state index is 9.61. The van der Waals surface area contributed by atoms with Gasteiger partial charge >= 0.3 is 0 Å². The number of hydrogen-bond acceptors (Lipinski definition) is 2. The number of hydrogen-bond donors (Lipinski definition) is 1. The molecule has 0 saturated heterocycles. The van der Waals surface area contributed by atoms with Crippen LogP contribution < -0.4 is 0 Å². The monoisotopic (exact) mass is 263 g/mol. The largest absolute Gasteiger partial charge is 0.508 e. The summed E-state index contributed by atoms with van der Waals surface area (Å²) in [5.74, 6) is 0.112. The zero-order valence-electron chi connectivity index (χ0n) is 11.6. The molecule has 100 valence electrons. The third kappa shape index (κ3) is 2.14. The minimum absolute atomic E-state index is 0.112. The molecule has 1 aromatic carbocycles. The molecule has 2 nitrogen and oxygen atoms in total. The van der Waals surface area contributed by atoms with E-state index in [0.29, 0.717) is 0 Å². The lowest BCUT2D eigenvalue weighted by Gasteiger charge is -2.20. The topological polar surface area (TPSA) is 33.1 Å². The minimum atomic E-state index is 0.112. The Kier molecular flexibility index (Phi) is 3.15. The lowest BCUT2D eigenvalue weighted by molar-refractivity contribution is 0.514. The van der Waals surface area contributed by atoms with E-state index in [4.69, 9.17) is 0 Å². The van der Waals surface area contributed by atoms with Gasteiger partial charge in [-0.3, -0.25) is 4.98 Å². The molecule has 2 aromatic rings. The van der Waals surface area contributed by atoms with Crippen LogP contribution in [0.1, 0.15) is 34.4 Å². The predicted octanol–water partition coefficient (Wildman–Crippen LogP) is 4.30. The summed E-state index contributed by atoms with van der Waals surface area (Å²) in [7, 11) is 0. The molecule has 0 fully saturated rings. The van der Waals surface area contributed by atoms with Gasteiger partial charge in [0.1, 0.15) is 5.76 Å². The summed E-state index contributed by atoms with van der Waals surface area (Å²) in [5.41, 5.74) is 6.67. The number of fused-ring (bicyclic) bond motifs is 1. The normalized spacial score (nSPS) is 13.6. The molecular weight excluding hydrogens is 246 g/mol. The SMILES string of the molecule is C=C(O)c1ccc2c(c1)C(c1cccnc1C)=CCC2. The molecule has 1 aliphatic rings. The fourth-order valence-corrected chi connectivity index (χ4v) is 2.73. The van der Waals surface area contributed by atoms with Gasteiger partial charge in [0.2, 0.25) is 0 Å². The van der Waals surface area contributed by atoms with E-state index >= 15 is 0 Å². The summed E-state index contributed by atoms with van der Waals surface area (Å²) >= 11 is 0. The molecule has 1 aromatic heterocycles. The van der Waals surface area contributed by atoms with Gasteiger partial charge in [-0.15, -0.1) is 0 Å². The van der Waals surface area contributed by atoms with Crippen LogP contribution in [0.25, 0.3) is 11.3 Å². The van der Waals surface area contributed by atoms with Crippen molar-refractivity contribution in [3.05, 3.63) is 77.1 Å². The van der Waals surface area contributed by atoms with Crippen molar-refractivity contribution in [2.24, 2.45) is 0 Å². The summed E-state index contributed by atoms with van der Waals surface area (Å²) in [6, 6.07) is 10.1. The number of rotatable bonds is 2. The third-order valence-corrected chi connectivity index (χ3v) is 3.79. The van der Waals surface area contributed by atoms with E-state index in [1.54, 1.807) is 0 Å². The molecule has 0 amide bonds. The Hall–Kier alpha value is -2.35. The van der Waals surface area contributed by atoms with Crippen LogP contribution in [0.2, 0.25) is 0 Å². The Balaban J connectivity index is 2.17. The van der Waals surface area contributed by atoms with E-state index in [9.17, 15) is 5.11 Å². The maximum Gasteiger partial charge on any atom is 0.115 e. The summed E-state index contributed by atoms with van der Waals surface area (Å²) in [6.45, 7) is 5.64. The molecule has 0 spiro atoms. The van der Waals surface area contributed by atoms with Gasteiger partial charge in [-0.2, -0.15) is 0 Å². The van der Waals surface area contributed by atoms with Gasteiger partial charge in [-0.05, 0) is 48.6 Å². The minimum Gasteiger partial charge on any atom is -0.508 e. The van der Waals surface area contributed by atoms with Crippen LogP contribution in [0.4, 0.5) is 0 Å². The first-order chi connectivity index (χ1) is 9.66. The number of aromatic nitrogens is 1. The molecule has 20 heavy (non-hydrogen) atoms. The van der Waals surface area contributed by atoms with Gasteiger partial charge in [0, 0.05) is 23.0 Å². The molecule has 2 heteroatoms. The van der Waals surface area contributed by atoms with Crippen molar-refractivity contribution >= 4 is 11.3 Å². The number of nitrogens with zero attached hydrogens (tertiary/aromatic N) is 1. The Morgan fingerprint density at radius 3 is 2.85 bits per heavy atom. The average molecular weight is 263 g/mol. The molecule has 0 unspecified atom stereocenters. The van der Waals surface area contributed by atoms with Crippen LogP contribution in [-0.4, -0.2) is 10.1 Å². The van der Waals surface area contributed by atoms with E-state index in [1.807, 2.05) is 31.3 Å². The van der Waals surface area contributed by atoms with Gasteiger partial charge < -0.3 is 5.11 Å². The lowest BCUT2D eigenvalue weighted by atomic mass is 9.85. The lowest BCUT2D eigenvalue weighted by Crippen LogP contribution is -2.03. The number of aryl methyl sites for hydroxylation is 2. The number of benzene rings is 1. The number of aliphatic hydroxyl groups is 1. The summed E-state index contributed by atoms with van der Waals surface area (Å²) in [4.78, 5) is 4.38. The standard InChI is InChI=1S/C18H17NO/c1-12-16(7-4-10-19-12)17-6-3-5-14-8-9-15(13(2)20)11-18(14)17/h4,6-11,20H,2-3,5H2,1H3. The van der Waals surface area contributed by atoms with Gasteiger partial charge in [0.05, 0.1) is 0 Å². The van der Waals surface area contributed by atoms with E-state index in [2.05, 4.69) is 29.8 Å². The highest BCUT2D eigenvalue weighted by atomic mass is 16.3. The molecule has 0 atom stereocenters. The zero-order chi connectivity index (χ0) is 14.1. The molecule has 0 saturated carbocycles. The van der Waals surface area contributed by atoms with Crippen LogP contribution in [0.5, 0.6) is 0 Å². The average Bonchev–Trinajstić information content (AvgIpc) is 2.46. The molecule has 1 N–H and O–H groups in total. The van der Waals surface area contributed by atoms with Crippen LogP contribution in [-0.2, 0) is 6.42 Å². The zero-order valence-corrected chi connectivity index (χ0v) is 11.6. The van der Waals surface area contributed by atoms with Gasteiger partial charge in [-0.1, -0.05) is 30.9 Å². The van der Waals surface area contributed by atoms with Crippen molar-refractivity contribution in [2.45, 2.75) is 19.8 Å². The van der Waals surface area contributed by atoms with E-state index < -0.39 is 0 Å². The third-order valence-electron chi connectivity index (χ3n) is 3.79. The molecule has 1 aliphatic carbocycles. The van der Waals surface area contributed by atoms with Crippen LogP contribution in [0.15, 0.2) is 49.2 Å². The first-order valence-corrected chi connectivity index (χ1v) is 6.80. The Labute approximate surface area is 119 Å². The van der Waals surface area contributed by atoms with Crippen LogP contribution >= 0.6 is 0 Å². The van der Waals surface area contributed by atoms with Crippen molar-refractivity contribution in [1.82, 2.24) is 4.98 Å². The van der Waals surface area contributed by atoms with Crippen molar-refractivity contribution in [1.29, 1.82) is 0 Å². The Bertz CT molecular complexity index is 713. The highest BCUT2D eigenvalue weighted by Gasteiger charge is 2.16. The quantitative estimate of drug-likeness (QED) is 0.820. The fraction of sp³-hybridized carbons (Fsp3) is 0.167. The highest BCUT2D eigenvalue weighted by molar-refractivity contribution is 5.84. The molecule has 3 rings (SSSR count). The van der Waals surface area contributed by atoms with Crippen molar-refractivity contribution < 1.29 is 5.11 Å². The summed E-state index contributed by atoms with van der Waals surface area (Å²) < 4.78 is 0. The van der Waals surface area contributed by atoms with E-state index in [0.717, 1.165) is 29.7 Å².